The van der Waals surface area contributed by atoms with Gasteiger partial charge in [0.2, 0.25) is 0 Å². The molecular weight excluding hydrogens is 182 g/mol. The molecule has 0 unspecified atom stereocenters. The van der Waals surface area contributed by atoms with Crippen molar-refractivity contribution in [1.82, 2.24) is 0 Å². The minimum absolute atomic E-state index is 0.107. The van der Waals surface area contributed by atoms with E-state index >= 15 is 0 Å². The highest BCUT2D eigenvalue weighted by molar-refractivity contribution is 5.94. The van der Waals surface area contributed by atoms with Crippen molar-refractivity contribution in [2.24, 2.45) is 5.73 Å². The molecule has 0 heterocycles. The molecule has 0 aliphatic rings. The van der Waals surface area contributed by atoms with Gasteiger partial charge in [-0.25, -0.2) is 0 Å². The van der Waals surface area contributed by atoms with Crippen LogP contribution in [0.3, 0.4) is 0 Å². The standard InChI is InChI=1S/C10H11NO3/c1-6(12)7-3-2-4-8(5-7)9(11)10(13)14/h2-5,9H,11H2,1H3,(H,13,14)/t9-/m0/s1. The zero-order valence-electron chi connectivity index (χ0n) is 7.73. The topological polar surface area (TPSA) is 80.4 Å². The number of hydrogen-bond donors (Lipinski definition) is 2. The molecule has 0 bridgehead atoms. The molecule has 1 rings (SSSR count). The minimum Gasteiger partial charge on any atom is -0.480 e. The highest BCUT2D eigenvalue weighted by Gasteiger charge is 2.14. The second kappa shape index (κ2) is 4.02. The van der Waals surface area contributed by atoms with Crippen molar-refractivity contribution in [3.8, 4) is 0 Å². The Labute approximate surface area is 81.3 Å². The van der Waals surface area contributed by atoms with Crippen LogP contribution in [0.25, 0.3) is 0 Å². The summed E-state index contributed by atoms with van der Waals surface area (Å²) in [5.41, 5.74) is 6.30. The maximum absolute atomic E-state index is 11.0. The number of carboxylic acids is 1. The van der Waals surface area contributed by atoms with Crippen LogP contribution in [0, 0.1) is 0 Å². The molecule has 1 aromatic rings. The molecule has 1 aromatic carbocycles. The molecule has 0 aromatic heterocycles. The predicted molar refractivity (Wildman–Crippen MR) is 51.0 cm³/mol. The second-order valence-electron chi connectivity index (χ2n) is 3.00. The lowest BCUT2D eigenvalue weighted by molar-refractivity contribution is -0.138. The molecule has 0 saturated heterocycles. The Morgan fingerprint density at radius 3 is 2.57 bits per heavy atom. The maximum Gasteiger partial charge on any atom is 0.325 e. The van der Waals surface area contributed by atoms with E-state index in [0.717, 1.165) is 0 Å². The van der Waals surface area contributed by atoms with Gasteiger partial charge in [-0.2, -0.15) is 0 Å². The summed E-state index contributed by atoms with van der Waals surface area (Å²) in [6, 6.07) is 5.26. The van der Waals surface area contributed by atoms with Crippen molar-refractivity contribution < 1.29 is 14.7 Å². The number of aliphatic carboxylic acids is 1. The summed E-state index contributed by atoms with van der Waals surface area (Å²) in [6.45, 7) is 1.42. The van der Waals surface area contributed by atoms with Crippen molar-refractivity contribution in [2.75, 3.05) is 0 Å². The van der Waals surface area contributed by atoms with Gasteiger partial charge in [0.25, 0.3) is 0 Å². The van der Waals surface area contributed by atoms with Gasteiger partial charge >= 0.3 is 5.97 Å². The summed E-state index contributed by atoms with van der Waals surface area (Å²) in [4.78, 5) is 21.6. The Hall–Kier alpha value is -1.68. The molecule has 4 nitrogen and oxygen atoms in total. The van der Waals surface area contributed by atoms with E-state index in [9.17, 15) is 9.59 Å². The molecule has 14 heavy (non-hydrogen) atoms. The molecule has 0 aliphatic carbocycles. The monoisotopic (exact) mass is 193 g/mol. The lowest BCUT2D eigenvalue weighted by Gasteiger charge is -2.07. The normalized spacial score (nSPS) is 12.1. The van der Waals surface area contributed by atoms with Crippen LogP contribution in [0.5, 0.6) is 0 Å². The van der Waals surface area contributed by atoms with Crippen LogP contribution in [0.2, 0.25) is 0 Å². The van der Waals surface area contributed by atoms with Crippen LogP contribution >= 0.6 is 0 Å². The first kappa shape index (κ1) is 10.4. The van der Waals surface area contributed by atoms with Gasteiger partial charge in [-0.3, -0.25) is 9.59 Å². The third kappa shape index (κ3) is 2.17. The fourth-order valence-corrected chi connectivity index (χ4v) is 1.09. The number of carboxylic acid groups (broad SMARTS) is 1. The van der Waals surface area contributed by atoms with Crippen molar-refractivity contribution in [3.05, 3.63) is 35.4 Å². The number of benzene rings is 1. The SMILES string of the molecule is CC(=O)c1cccc([C@H](N)C(=O)O)c1. The minimum atomic E-state index is -1.11. The van der Waals surface area contributed by atoms with Gasteiger partial charge in [-0.05, 0) is 18.6 Å². The van der Waals surface area contributed by atoms with Crippen LogP contribution in [0.1, 0.15) is 28.9 Å². The van der Waals surface area contributed by atoms with Gasteiger partial charge in [0.1, 0.15) is 6.04 Å². The Bertz CT molecular complexity index is 373. The fraction of sp³-hybridized carbons (Fsp3) is 0.200. The molecule has 0 aliphatic heterocycles. The summed E-state index contributed by atoms with van der Waals surface area (Å²) in [6.07, 6.45) is 0. The van der Waals surface area contributed by atoms with E-state index in [2.05, 4.69) is 0 Å². The molecule has 0 fully saturated rings. The van der Waals surface area contributed by atoms with Crippen LogP contribution in [0.15, 0.2) is 24.3 Å². The molecule has 3 N–H and O–H groups in total. The molecule has 74 valence electrons. The van der Waals surface area contributed by atoms with Crippen molar-refractivity contribution in [3.63, 3.8) is 0 Å². The summed E-state index contributed by atoms with van der Waals surface area (Å²) in [5, 5.41) is 8.65. The van der Waals surface area contributed by atoms with E-state index in [1.54, 1.807) is 18.2 Å². The maximum atomic E-state index is 11.0. The number of Topliss-reactive ketones (excluding diaryl/α,β-unsaturated/α-hetero) is 1. The lowest BCUT2D eigenvalue weighted by Crippen LogP contribution is -2.20. The average molecular weight is 193 g/mol. The average Bonchev–Trinajstić information content (AvgIpc) is 2.16. The Morgan fingerprint density at radius 1 is 1.43 bits per heavy atom. The Morgan fingerprint density at radius 2 is 2.07 bits per heavy atom. The quantitative estimate of drug-likeness (QED) is 0.701. The summed E-state index contributed by atoms with van der Waals surface area (Å²) in [5.74, 6) is -1.21. The molecule has 0 radical (unpaired) electrons. The van der Waals surface area contributed by atoms with E-state index in [4.69, 9.17) is 10.8 Å². The number of carbonyl (C=O) groups excluding carboxylic acids is 1. The Balaban J connectivity index is 3.05. The van der Waals surface area contributed by atoms with Crippen molar-refractivity contribution >= 4 is 11.8 Å². The fourth-order valence-electron chi connectivity index (χ4n) is 1.09. The predicted octanol–water partition coefficient (Wildman–Crippen LogP) is 0.974. The number of carbonyl (C=O) groups is 2. The number of rotatable bonds is 3. The van der Waals surface area contributed by atoms with Crippen LogP contribution in [0.4, 0.5) is 0 Å². The van der Waals surface area contributed by atoms with E-state index in [-0.39, 0.29) is 5.78 Å². The van der Waals surface area contributed by atoms with Gasteiger partial charge in [0.15, 0.2) is 5.78 Å². The third-order valence-corrected chi connectivity index (χ3v) is 1.92. The van der Waals surface area contributed by atoms with Gasteiger partial charge in [-0.15, -0.1) is 0 Å². The molecular formula is C10H11NO3. The zero-order chi connectivity index (χ0) is 10.7. The van der Waals surface area contributed by atoms with Crippen molar-refractivity contribution in [2.45, 2.75) is 13.0 Å². The van der Waals surface area contributed by atoms with E-state index in [0.29, 0.717) is 11.1 Å². The lowest BCUT2D eigenvalue weighted by atomic mass is 10.0. The molecule has 0 spiro atoms. The van der Waals surface area contributed by atoms with Crippen LogP contribution in [-0.4, -0.2) is 16.9 Å². The number of ketones is 1. The number of nitrogens with two attached hydrogens (primary N) is 1. The molecule has 0 saturated carbocycles. The summed E-state index contributed by atoms with van der Waals surface area (Å²) < 4.78 is 0. The number of hydrogen-bond acceptors (Lipinski definition) is 3. The van der Waals surface area contributed by atoms with Gasteiger partial charge in [-0.1, -0.05) is 18.2 Å². The molecule has 0 amide bonds. The summed E-state index contributed by atoms with van der Waals surface area (Å²) in [7, 11) is 0. The smallest absolute Gasteiger partial charge is 0.325 e. The first-order valence-corrected chi connectivity index (χ1v) is 4.11. The second-order valence-corrected chi connectivity index (χ2v) is 3.00. The van der Waals surface area contributed by atoms with Crippen molar-refractivity contribution in [1.29, 1.82) is 0 Å². The highest BCUT2D eigenvalue weighted by Crippen LogP contribution is 2.12. The largest absolute Gasteiger partial charge is 0.480 e. The van der Waals surface area contributed by atoms with Gasteiger partial charge < -0.3 is 10.8 Å². The van der Waals surface area contributed by atoms with Gasteiger partial charge in [0, 0.05) is 5.56 Å². The zero-order valence-corrected chi connectivity index (χ0v) is 7.73. The van der Waals surface area contributed by atoms with Crippen LogP contribution < -0.4 is 5.73 Å². The molecule has 1 atom stereocenters. The van der Waals surface area contributed by atoms with E-state index < -0.39 is 12.0 Å². The first-order valence-electron chi connectivity index (χ1n) is 4.11. The Kier molecular flexibility index (Phi) is 2.99. The first-order chi connectivity index (χ1) is 6.52. The summed E-state index contributed by atoms with van der Waals surface area (Å²) >= 11 is 0. The molecule has 4 heteroatoms. The van der Waals surface area contributed by atoms with Gasteiger partial charge in [0.05, 0.1) is 0 Å². The highest BCUT2D eigenvalue weighted by atomic mass is 16.4. The third-order valence-electron chi connectivity index (χ3n) is 1.92. The van der Waals surface area contributed by atoms with E-state index in [1.807, 2.05) is 0 Å². The van der Waals surface area contributed by atoms with Crippen LogP contribution in [-0.2, 0) is 4.79 Å². The van der Waals surface area contributed by atoms with E-state index in [1.165, 1.54) is 13.0 Å².